The molecule has 0 bridgehead atoms. The number of aromatic nitrogens is 2. The van der Waals surface area contributed by atoms with Crippen molar-refractivity contribution in [3.8, 4) is 0 Å². The molecule has 24 heavy (non-hydrogen) atoms. The van der Waals surface area contributed by atoms with E-state index in [1.165, 1.54) is 0 Å². The largest absolute Gasteiger partial charge is 0.424 e. The molecular formula is C15H12ClF3N4O. The van der Waals surface area contributed by atoms with Crippen molar-refractivity contribution < 1.29 is 17.6 Å². The van der Waals surface area contributed by atoms with Crippen LogP contribution in [0.3, 0.4) is 0 Å². The third-order valence-corrected chi connectivity index (χ3v) is 3.44. The van der Waals surface area contributed by atoms with Gasteiger partial charge < -0.3 is 15.1 Å². The standard InChI is InChI=1S/C15H12ClF3N4O/c16-10-7-9(15(17,18)19)8-22-13(10)20-5-6-21-14-23-11-3-1-2-4-12(11)24-14/h1-4,7-8H,5-6H2,(H,20,22)(H,21,23). The van der Waals surface area contributed by atoms with Gasteiger partial charge in [0.25, 0.3) is 6.01 Å². The summed E-state index contributed by atoms with van der Waals surface area (Å²) in [5.74, 6) is 0.184. The van der Waals surface area contributed by atoms with Crippen molar-refractivity contribution in [2.45, 2.75) is 6.18 Å². The first-order valence-corrected chi connectivity index (χ1v) is 7.37. The van der Waals surface area contributed by atoms with E-state index < -0.39 is 11.7 Å². The number of para-hydroxylation sites is 2. The van der Waals surface area contributed by atoms with E-state index in [0.717, 1.165) is 17.8 Å². The van der Waals surface area contributed by atoms with Gasteiger partial charge in [-0.25, -0.2) is 4.98 Å². The maximum Gasteiger partial charge on any atom is 0.417 e. The van der Waals surface area contributed by atoms with Crippen LogP contribution in [0.25, 0.3) is 11.1 Å². The Morgan fingerprint density at radius 1 is 1.12 bits per heavy atom. The number of rotatable bonds is 5. The van der Waals surface area contributed by atoms with Crippen molar-refractivity contribution >= 4 is 34.5 Å². The zero-order valence-electron chi connectivity index (χ0n) is 12.2. The smallest absolute Gasteiger partial charge is 0.417 e. The minimum atomic E-state index is -4.47. The Morgan fingerprint density at radius 2 is 1.88 bits per heavy atom. The predicted molar refractivity (Wildman–Crippen MR) is 85.2 cm³/mol. The lowest BCUT2D eigenvalue weighted by Gasteiger charge is -2.10. The van der Waals surface area contributed by atoms with Crippen molar-refractivity contribution in [3.63, 3.8) is 0 Å². The molecule has 2 heterocycles. The number of halogens is 4. The van der Waals surface area contributed by atoms with Crippen LogP contribution in [-0.4, -0.2) is 23.1 Å². The van der Waals surface area contributed by atoms with Crippen LogP contribution in [0.4, 0.5) is 25.0 Å². The summed E-state index contributed by atoms with van der Waals surface area (Å²) in [5.41, 5.74) is 0.517. The third kappa shape index (κ3) is 3.70. The first kappa shape index (κ1) is 16.4. The number of nitrogens with zero attached hydrogens (tertiary/aromatic N) is 2. The van der Waals surface area contributed by atoms with Gasteiger partial charge in [0.1, 0.15) is 11.3 Å². The molecule has 0 amide bonds. The second-order valence-electron chi connectivity index (χ2n) is 4.89. The summed E-state index contributed by atoms with van der Waals surface area (Å²) in [4.78, 5) is 7.94. The number of oxazole rings is 1. The van der Waals surface area contributed by atoms with Gasteiger partial charge >= 0.3 is 6.18 Å². The zero-order valence-corrected chi connectivity index (χ0v) is 12.9. The van der Waals surface area contributed by atoms with Gasteiger partial charge in [-0.1, -0.05) is 23.7 Å². The van der Waals surface area contributed by atoms with Crippen LogP contribution in [0.2, 0.25) is 5.02 Å². The lowest BCUT2D eigenvalue weighted by atomic mass is 10.3. The number of fused-ring (bicyclic) bond motifs is 1. The van der Waals surface area contributed by atoms with Crippen LogP contribution in [-0.2, 0) is 6.18 Å². The second kappa shape index (κ2) is 6.56. The van der Waals surface area contributed by atoms with E-state index >= 15 is 0 Å². The number of benzene rings is 1. The third-order valence-electron chi connectivity index (χ3n) is 3.16. The van der Waals surface area contributed by atoms with Crippen molar-refractivity contribution in [1.82, 2.24) is 9.97 Å². The highest BCUT2D eigenvalue weighted by atomic mass is 35.5. The Hall–Kier alpha value is -2.48. The highest BCUT2D eigenvalue weighted by Crippen LogP contribution is 2.32. The van der Waals surface area contributed by atoms with Crippen LogP contribution in [0.1, 0.15) is 5.56 Å². The number of nitrogens with one attached hydrogen (secondary N) is 2. The highest BCUT2D eigenvalue weighted by molar-refractivity contribution is 6.32. The van der Waals surface area contributed by atoms with Crippen LogP contribution >= 0.6 is 11.6 Å². The maximum atomic E-state index is 12.5. The first-order chi connectivity index (χ1) is 11.4. The topological polar surface area (TPSA) is 63.0 Å². The summed E-state index contributed by atoms with van der Waals surface area (Å²) in [7, 11) is 0. The van der Waals surface area contributed by atoms with E-state index in [4.69, 9.17) is 16.0 Å². The molecule has 126 valence electrons. The minimum absolute atomic E-state index is 0.0910. The average molecular weight is 357 g/mol. The molecule has 0 saturated heterocycles. The van der Waals surface area contributed by atoms with E-state index in [2.05, 4.69) is 20.6 Å². The summed E-state index contributed by atoms with van der Waals surface area (Å²) in [6.07, 6.45) is -3.73. The molecule has 9 heteroatoms. The summed E-state index contributed by atoms with van der Waals surface area (Å²) in [6, 6.07) is 8.53. The van der Waals surface area contributed by atoms with Gasteiger partial charge in [-0.2, -0.15) is 18.2 Å². The van der Waals surface area contributed by atoms with Crippen molar-refractivity contribution in [3.05, 3.63) is 47.1 Å². The zero-order chi connectivity index (χ0) is 17.2. The SMILES string of the molecule is FC(F)(F)c1cnc(NCCNc2nc3ccccc3o2)c(Cl)c1. The lowest BCUT2D eigenvalue weighted by Crippen LogP contribution is -2.15. The molecule has 1 aromatic carbocycles. The Labute approximate surface area is 139 Å². The molecule has 0 aliphatic heterocycles. The summed E-state index contributed by atoms with van der Waals surface area (Å²) in [6.45, 7) is 0.794. The van der Waals surface area contributed by atoms with Crippen molar-refractivity contribution in [2.24, 2.45) is 0 Å². The van der Waals surface area contributed by atoms with Crippen molar-refractivity contribution in [1.29, 1.82) is 0 Å². The lowest BCUT2D eigenvalue weighted by molar-refractivity contribution is -0.137. The van der Waals surface area contributed by atoms with Crippen LogP contribution in [0.15, 0.2) is 40.9 Å². The molecule has 0 aliphatic rings. The van der Waals surface area contributed by atoms with Crippen LogP contribution in [0, 0.1) is 0 Å². The normalized spacial score (nSPS) is 11.7. The fourth-order valence-corrected chi connectivity index (χ4v) is 2.25. The second-order valence-corrected chi connectivity index (χ2v) is 5.30. The Kier molecular flexibility index (Phi) is 4.48. The van der Waals surface area contributed by atoms with Crippen LogP contribution in [0.5, 0.6) is 0 Å². The molecule has 0 saturated carbocycles. The summed E-state index contributed by atoms with van der Waals surface area (Å²) >= 11 is 5.81. The van der Waals surface area contributed by atoms with E-state index in [-0.39, 0.29) is 10.8 Å². The maximum absolute atomic E-state index is 12.5. The van der Waals surface area contributed by atoms with Crippen molar-refractivity contribution in [2.75, 3.05) is 23.7 Å². The molecule has 3 rings (SSSR count). The molecule has 3 aromatic rings. The van der Waals surface area contributed by atoms with Crippen LogP contribution < -0.4 is 10.6 Å². The van der Waals surface area contributed by atoms with E-state index in [1.54, 1.807) is 6.07 Å². The van der Waals surface area contributed by atoms with Gasteiger partial charge in [0.05, 0.1) is 10.6 Å². The number of alkyl halides is 3. The van der Waals surface area contributed by atoms with E-state index in [0.29, 0.717) is 24.7 Å². The molecule has 5 nitrogen and oxygen atoms in total. The molecular weight excluding hydrogens is 345 g/mol. The molecule has 0 aliphatic carbocycles. The monoisotopic (exact) mass is 356 g/mol. The van der Waals surface area contributed by atoms with Gasteiger partial charge in [-0.15, -0.1) is 0 Å². The molecule has 0 unspecified atom stereocenters. The molecule has 2 aromatic heterocycles. The van der Waals surface area contributed by atoms with Gasteiger partial charge in [0.2, 0.25) is 0 Å². The summed E-state index contributed by atoms with van der Waals surface area (Å²) in [5, 5.41) is 5.73. The van der Waals surface area contributed by atoms with Gasteiger partial charge in [0, 0.05) is 19.3 Å². The molecule has 0 spiro atoms. The molecule has 2 N–H and O–H groups in total. The average Bonchev–Trinajstić information content (AvgIpc) is 2.94. The predicted octanol–water partition coefficient (Wildman–Crippen LogP) is 4.42. The van der Waals surface area contributed by atoms with Gasteiger partial charge in [0.15, 0.2) is 5.58 Å². The molecule has 0 radical (unpaired) electrons. The van der Waals surface area contributed by atoms with E-state index in [1.807, 2.05) is 18.2 Å². The van der Waals surface area contributed by atoms with E-state index in [9.17, 15) is 13.2 Å². The Balaban J connectivity index is 1.55. The fraction of sp³-hybridized carbons (Fsp3) is 0.200. The minimum Gasteiger partial charge on any atom is -0.424 e. The quantitative estimate of drug-likeness (QED) is 0.663. The highest BCUT2D eigenvalue weighted by Gasteiger charge is 2.31. The number of hydrogen-bond acceptors (Lipinski definition) is 5. The summed E-state index contributed by atoms with van der Waals surface area (Å²) < 4.78 is 43.1. The van der Waals surface area contributed by atoms with Gasteiger partial charge in [-0.05, 0) is 18.2 Å². The first-order valence-electron chi connectivity index (χ1n) is 6.99. The Bertz CT molecular complexity index is 817. The Morgan fingerprint density at radius 3 is 2.58 bits per heavy atom. The number of pyridine rings is 1. The fourth-order valence-electron chi connectivity index (χ4n) is 2.02. The molecule has 0 fully saturated rings. The molecule has 0 atom stereocenters. The van der Waals surface area contributed by atoms with Gasteiger partial charge in [-0.3, -0.25) is 0 Å². The number of hydrogen-bond donors (Lipinski definition) is 2. The number of anilines is 2.